The van der Waals surface area contributed by atoms with E-state index in [2.05, 4.69) is 10.1 Å². The van der Waals surface area contributed by atoms with Gasteiger partial charge in [-0.15, -0.1) is 0 Å². The van der Waals surface area contributed by atoms with Crippen LogP contribution in [0.25, 0.3) is 6.08 Å². The minimum absolute atomic E-state index is 0.216. The molecule has 0 saturated carbocycles. The second-order valence-electron chi connectivity index (χ2n) is 7.38. The molecular weight excluding hydrogens is 448 g/mol. The fourth-order valence-corrected chi connectivity index (χ4v) is 4.89. The SMILES string of the molecule is CCOC(=O)C1=C(C)N=c2s/c(=C/c3cn(CC)nc3C)c(=O)n2[C@@H]1c1ccc(Cl)cc1. The van der Waals surface area contributed by atoms with Crippen LogP contribution in [0, 0.1) is 6.92 Å². The van der Waals surface area contributed by atoms with Gasteiger partial charge in [0.25, 0.3) is 5.56 Å². The van der Waals surface area contributed by atoms with Gasteiger partial charge in [-0.25, -0.2) is 9.79 Å². The molecule has 9 heteroatoms. The number of aromatic nitrogens is 3. The van der Waals surface area contributed by atoms with Crippen molar-refractivity contribution in [2.24, 2.45) is 4.99 Å². The number of carbonyl (C=O) groups is 1. The third-order valence-corrected chi connectivity index (χ3v) is 6.53. The highest BCUT2D eigenvalue weighted by Crippen LogP contribution is 2.31. The van der Waals surface area contributed by atoms with Crippen LogP contribution in [0.2, 0.25) is 5.02 Å². The first-order chi connectivity index (χ1) is 15.3. The number of allylic oxidation sites excluding steroid dienone is 1. The van der Waals surface area contributed by atoms with Gasteiger partial charge in [0.1, 0.15) is 0 Å². The molecule has 32 heavy (non-hydrogen) atoms. The molecule has 166 valence electrons. The Kier molecular flexibility index (Phi) is 6.17. The van der Waals surface area contributed by atoms with Gasteiger partial charge in [0.2, 0.25) is 0 Å². The smallest absolute Gasteiger partial charge is 0.338 e. The fraction of sp³-hybridized carbons (Fsp3) is 0.304. The Balaban J connectivity index is 1.95. The third kappa shape index (κ3) is 3.96. The largest absolute Gasteiger partial charge is 0.463 e. The van der Waals surface area contributed by atoms with E-state index in [1.807, 2.05) is 42.9 Å². The van der Waals surface area contributed by atoms with Crippen molar-refractivity contribution >= 4 is 35.0 Å². The molecule has 1 aliphatic heterocycles. The first-order valence-corrected chi connectivity index (χ1v) is 11.5. The molecule has 0 saturated heterocycles. The fourth-order valence-electron chi connectivity index (χ4n) is 3.73. The average Bonchev–Trinajstić information content (AvgIpc) is 3.27. The zero-order valence-electron chi connectivity index (χ0n) is 18.3. The van der Waals surface area contributed by atoms with Crippen LogP contribution in [0.3, 0.4) is 0 Å². The first-order valence-electron chi connectivity index (χ1n) is 10.3. The highest BCUT2D eigenvalue weighted by Gasteiger charge is 2.33. The van der Waals surface area contributed by atoms with Crippen molar-refractivity contribution in [3.63, 3.8) is 0 Å². The van der Waals surface area contributed by atoms with Gasteiger partial charge in [0.15, 0.2) is 4.80 Å². The normalized spacial score (nSPS) is 16.2. The molecule has 1 aromatic carbocycles. The maximum Gasteiger partial charge on any atom is 0.338 e. The topological polar surface area (TPSA) is 78.5 Å². The molecule has 3 aromatic rings. The number of rotatable bonds is 5. The zero-order valence-corrected chi connectivity index (χ0v) is 19.8. The number of fused-ring (bicyclic) bond motifs is 1. The molecule has 3 heterocycles. The van der Waals surface area contributed by atoms with Crippen molar-refractivity contribution in [2.45, 2.75) is 40.3 Å². The zero-order chi connectivity index (χ0) is 23.0. The predicted molar refractivity (Wildman–Crippen MR) is 124 cm³/mol. The Hall–Kier alpha value is -2.97. The van der Waals surface area contributed by atoms with E-state index >= 15 is 0 Å². The second-order valence-corrected chi connectivity index (χ2v) is 8.82. The summed E-state index contributed by atoms with van der Waals surface area (Å²) in [5.74, 6) is -0.483. The number of ether oxygens (including phenoxy) is 1. The van der Waals surface area contributed by atoms with Gasteiger partial charge in [0, 0.05) is 23.3 Å². The highest BCUT2D eigenvalue weighted by atomic mass is 35.5. The molecule has 0 radical (unpaired) electrons. The van der Waals surface area contributed by atoms with E-state index in [0.29, 0.717) is 25.6 Å². The predicted octanol–water partition coefficient (Wildman–Crippen LogP) is 2.98. The van der Waals surface area contributed by atoms with Gasteiger partial charge in [0.05, 0.1) is 34.1 Å². The third-order valence-electron chi connectivity index (χ3n) is 5.30. The summed E-state index contributed by atoms with van der Waals surface area (Å²) in [5, 5.41) is 5.02. The first kappa shape index (κ1) is 22.2. The molecule has 1 aliphatic rings. The van der Waals surface area contributed by atoms with Gasteiger partial charge in [-0.2, -0.15) is 5.10 Å². The Morgan fingerprint density at radius 3 is 2.59 bits per heavy atom. The number of esters is 1. The number of benzene rings is 1. The summed E-state index contributed by atoms with van der Waals surface area (Å²) in [4.78, 5) is 31.5. The van der Waals surface area contributed by atoms with Crippen LogP contribution in [-0.2, 0) is 16.1 Å². The quantitative estimate of drug-likeness (QED) is 0.537. The molecule has 0 amide bonds. The van der Waals surface area contributed by atoms with Crippen molar-refractivity contribution in [1.29, 1.82) is 0 Å². The molecule has 0 unspecified atom stereocenters. The molecular formula is C23H23ClN4O3S. The van der Waals surface area contributed by atoms with Crippen LogP contribution in [0.15, 0.2) is 51.5 Å². The van der Waals surface area contributed by atoms with E-state index in [1.54, 1.807) is 30.5 Å². The van der Waals surface area contributed by atoms with Crippen molar-refractivity contribution < 1.29 is 9.53 Å². The lowest BCUT2D eigenvalue weighted by Crippen LogP contribution is -2.39. The van der Waals surface area contributed by atoms with Gasteiger partial charge in [-0.3, -0.25) is 14.0 Å². The monoisotopic (exact) mass is 470 g/mol. The number of halogens is 1. The Labute approximate surface area is 193 Å². The van der Waals surface area contributed by atoms with Crippen molar-refractivity contribution in [3.05, 3.63) is 83.3 Å². The van der Waals surface area contributed by atoms with E-state index in [4.69, 9.17) is 16.3 Å². The van der Waals surface area contributed by atoms with Crippen LogP contribution in [-0.4, -0.2) is 26.9 Å². The molecule has 2 aromatic heterocycles. The minimum Gasteiger partial charge on any atom is -0.463 e. The Morgan fingerprint density at radius 2 is 1.97 bits per heavy atom. The number of nitrogens with zero attached hydrogens (tertiary/aromatic N) is 4. The number of hydrogen-bond acceptors (Lipinski definition) is 6. The number of aryl methyl sites for hydroxylation is 2. The van der Waals surface area contributed by atoms with Crippen LogP contribution in [0.5, 0.6) is 0 Å². The molecule has 0 aliphatic carbocycles. The Bertz CT molecular complexity index is 1400. The number of carbonyl (C=O) groups excluding carboxylic acids is 1. The van der Waals surface area contributed by atoms with Crippen LogP contribution in [0.4, 0.5) is 0 Å². The maximum absolute atomic E-state index is 13.5. The standard InChI is InChI=1S/C23H23ClN4O3S/c1-5-27-12-16(13(3)26-27)11-18-21(29)28-20(15-7-9-17(24)10-8-15)19(22(30)31-6-2)14(4)25-23(28)32-18/h7-12,20H,5-6H2,1-4H3/b18-11+/t20-/m1/s1. The highest BCUT2D eigenvalue weighted by molar-refractivity contribution is 7.07. The van der Waals surface area contributed by atoms with E-state index in [0.717, 1.165) is 23.4 Å². The van der Waals surface area contributed by atoms with Crippen molar-refractivity contribution in [1.82, 2.24) is 14.3 Å². The summed E-state index contributed by atoms with van der Waals surface area (Å²) in [6, 6.07) is 6.47. The molecule has 0 fully saturated rings. The van der Waals surface area contributed by atoms with Crippen LogP contribution >= 0.6 is 22.9 Å². The molecule has 1 atom stereocenters. The summed E-state index contributed by atoms with van der Waals surface area (Å²) >= 11 is 7.37. The van der Waals surface area contributed by atoms with E-state index in [-0.39, 0.29) is 12.2 Å². The lowest BCUT2D eigenvalue weighted by atomic mass is 9.96. The average molecular weight is 471 g/mol. The lowest BCUT2D eigenvalue weighted by Gasteiger charge is -2.24. The van der Waals surface area contributed by atoms with Crippen molar-refractivity contribution in [3.8, 4) is 0 Å². The van der Waals surface area contributed by atoms with Gasteiger partial charge in [-0.05, 0) is 51.5 Å². The number of thiazole rings is 1. The van der Waals surface area contributed by atoms with Crippen molar-refractivity contribution in [2.75, 3.05) is 6.61 Å². The minimum atomic E-state index is -0.649. The summed E-state index contributed by atoms with van der Waals surface area (Å²) in [5.41, 5.74) is 3.15. The summed E-state index contributed by atoms with van der Waals surface area (Å²) in [7, 11) is 0. The molecule has 0 bridgehead atoms. The second kappa shape index (κ2) is 8.88. The lowest BCUT2D eigenvalue weighted by molar-refractivity contribution is -0.139. The van der Waals surface area contributed by atoms with Gasteiger partial charge >= 0.3 is 5.97 Å². The number of hydrogen-bond donors (Lipinski definition) is 0. The van der Waals surface area contributed by atoms with Gasteiger partial charge in [-0.1, -0.05) is 35.1 Å². The molecule has 0 spiro atoms. The van der Waals surface area contributed by atoms with E-state index in [1.165, 1.54) is 11.3 Å². The summed E-state index contributed by atoms with van der Waals surface area (Å²) in [6.07, 6.45) is 3.75. The van der Waals surface area contributed by atoms with Crippen LogP contribution in [0.1, 0.15) is 43.6 Å². The Morgan fingerprint density at radius 1 is 1.25 bits per heavy atom. The maximum atomic E-state index is 13.5. The molecule has 0 N–H and O–H groups in total. The summed E-state index contributed by atoms with van der Waals surface area (Å²) < 4.78 is 9.23. The molecule has 4 rings (SSSR count). The summed E-state index contributed by atoms with van der Waals surface area (Å²) in [6.45, 7) is 8.41. The van der Waals surface area contributed by atoms with Gasteiger partial charge < -0.3 is 4.74 Å². The molecule has 7 nitrogen and oxygen atoms in total. The van der Waals surface area contributed by atoms with E-state index in [9.17, 15) is 9.59 Å². The van der Waals surface area contributed by atoms with E-state index < -0.39 is 12.0 Å². The van der Waals surface area contributed by atoms with Crippen LogP contribution < -0.4 is 14.9 Å².